The average molecular weight is 234 g/mol. The van der Waals surface area contributed by atoms with E-state index in [-0.39, 0.29) is 5.41 Å². The molecule has 17 heavy (non-hydrogen) atoms. The van der Waals surface area contributed by atoms with Gasteiger partial charge in [0.1, 0.15) is 0 Å². The van der Waals surface area contributed by atoms with E-state index in [1.54, 1.807) is 0 Å². The number of nitrogens with one attached hydrogen (secondary N) is 1. The fourth-order valence-corrected chi connectivity index (χ4v) is 1.75. The zero-order valence-corrected chi connectivity index (χ0v) is 11.4. The minimum atomic E-state index is 0.243. The second kappa shape index (κ2) is 6.77. The van der Waals surface area contributed by atoms with Gasteiger partial charge in [-0.25, -0.2) is 0 Å². The van der Waals surface area contributed by atoms with Gasteiger partial charge in [0.2, 0.25) is 0 Å². The number of unbranched alkanes of at least 4 members (excludes halogenated alkanes) is 1. The summed E-state index contributed by atoms with van der Waals surface area (Å²) in [5.41, 5.74) is 8.44. The summed E-state index contributed by atoms with van der Waals surface area (Å²) in [6.45, 7) is 9.53. The van der Waals surface area contributed by atoms with Gasteiger partial charge in [-0.3, -0.25) is 0 Å². The summed E-state index contributed by atoms with van der Waals surface area (Å²) in [4.78, 5) is 0. The monoisotopic (exact) mass is 234 g/mol. The van der Waals surface area contributed by atoms with Crippen LogP contribution in [0, 0.1) is 0 Å². The van der Waals surface area contributed by atoms with Gasteiger partial charge in [-0.15, -0.1) is 0 Å². The van der Waals surface area contributed by atoms with Crippen LogP contribution in [0.1, 0.15) is 44.7 Å². The first kappa shape index (κ1) is 14.2. The van der Waals surface area contributed by atoms with Gasteiger partial charge in [-0.2, -0.15) is 0 Å². The van der Waals surface area contributed by atoms with Crippen LogP contribution in [0.15, 0.2) is 24.3 Å². The predicted molar refractivity (Wildman–Crippen MR) is 75.1 cm³/mol. The summed E-state index contributed by atoms with van der Waals surface area (Å²) in [6.07, 6.45) is 2.27. The Hall–Kier alpha value is -0.860. The normalized spacial score (nSPS) is 11.8. The minimum Gasteiger partial charge on any atom is -0.330 e. The first-order chi connectivity index (χ1) is 8.04. The Morgan fingerprint density at radius 3 is 2.24 bits per heavy atom. The number of hydrogen-bond donors (Lipinski definition) is 2. The van der Waals surface area contributed by atoms with Crippen molar-refractivity contribution in [3.63, 3.8) is 0 Å². The molecule has 1 aromatic rings. The number of rotatable bonds is 6. The molecule has 0 spiro atoms. The van der Waals surface area contributed by atoms with Crippen molar-refractivity contribution < 1.29 is 0 Å². The van der Waals surface area contributed by atoms with Crippen LogP contribution in [0.5, 0.6) is 0 Å². The van der Waals surface area contributed by atoms with Gasteiger partial charge in [-0.05, 0) is 42.5 Å². The zero-order chi connectivity index (χ0) is 12.7. The van der Waals surface area contributed by atoms with E-state index in [0.29, 0.717) is 0 Å². The topological polar surface area (TPSA) is 38.0 Å². The van der Waals surface area contributed by atoms with Crippen molar-refractivity contribution in [2.75, 3.05) is 13.1 Å². The van der Waals surface area contributed by atoms with E-state index in [9.17, 15) is 0 Å². The molecule has 0 bridgehead atoms. The minimum absolute atomic E-state index is 0.243. The molecule has 2 nitrogen and oxygen atoms in total. The summed E-state index contributed by atoms with van der Waals surface area (Å²) in [7, 11) is 0. The van der Waals surface area contributed by atoms with Crippen molar-refractivity contribution in [1.29, 1.82) is 0 Å². The van der Waals surface area contributed by atoms with Crippen LogP contribution in [0.4, 0.5) is 0 Å². The Labute approximate surface area is 106 Å². The van der Waals surface area contributed by atoms with Gasteiger partial charge < -0.3 is 11.1 Å². The lowest BCUT2D eigenvalue weighted by Crippen LogP contribution is -2.16. The molecule has 1 rings (SSSR count). The average Bonchev–Trinajstić information content (AvgIpc) is 2.28. The molecule has 1 aromatic carbocycles. The number of benzene rings is 1. The summed E-state index contributed by atoms with van der Waals surface area (Å²) in [5.74, 6) is 0. The van der Waals surface area contributed by atoms with Crippen molar-refractivity contribution >= 4 is 0 Å². The van der Waals surface area contributed by atoms with E-state index in [1.807, 2.05) is 0 Å². The third kappa shape index (κ3) is 5.33. The molecule has 0 aliphatic carbocycles. The van der Waals surface area contributed by atoms with Crippen LogP contribution in [-0.4, -0.2) is 13.1 Å². The van der Waals surface area contributed by atoms with E-state index in [2.05, 4.69) is 50.4 Å². The highest BCUT2D eigenvalue weighted by Crippen LogP contribution is 2.22. The molecule has 0 amide bonds. The van der Waals surface area contributed by atoms with Gasteiger partial charge in [0.05, 0.1) is 0 Å². The lowest BCUT2D eigenvalue weighted by molar-refractivity contribution is 0.589. The Balaban J connectivity index is 2.36. The van der Waals surface area contributed by atoms with Gasteiger partial charge in [0.25, 0.3) is 0 Å². The third-order valence-corrected chi connectivity index (χ3v) is 2.96. The fraction of sp³-hybridized carbons (Fsp3) is 0.600. The molecule has 2 heteroatoms. The molecule has 0 saturated heterocycles. The standard InChI is InChI=1S/C15H26N2/c1-15(2,3)14-8-6-13(7-9-14)12-17-11-5-4-10-16/h6-9,17H,4-5,10-12,16H2,1-3H3. The van der Waals surface area contributed by atoms with Crippen LogP contribution < -0.4 is 11.1 Å². The Bertz CT molecular complexity index is 309. The van der Waals surface area contributed by atoms with Gasteiger partial charge >= 0.3 is 0 Å². The first-order valence-corrected chi connectivity index (χ1v) is 6.54. The molecule has 0 aliphatic heterocycles. The van der Waals surface area contributed by atoms with Gasteiger partial charge in [-0.1, -0.05) is 45.0 Å². The van der Waals surface area contributed by atoms with Crippen LogP contribution in [0.3, 0.4) is 0 Å². The summed E-state index contributed by atoms with van der Waals surface area (Å²) in [6, 6.07) is 8.90. The van der Waals surface area contributed by atoms with Crippen molar-refractivity contribution in [2.45, 2.75) is 45.6 Å². The molecule has 0 unspecified atom stereocenters. The SMILES string of the molecule is CC(C)(C)c1ccc(CNCCCCN)cc1. The fourth-order valence-electron chi connectivity index (χ4n) is 1.75. The highest BCUT2D eigenvalue weighted by atomic mass is 14.8. The molecule has 96 valence electrons. The van der Waals surface area contributed by atoms with Crippen molar-refractivity contribution in [3.8, 4) is 0 Å². The lowest BCUT2D eigenvalue weighted by Gasteiger charge is -2.19. The maximum atomic E-state index is 5.45. The van der Waals surface area contributed by atoms with Crippen molar-refractivity contribution in [3.05, 3.63) is 35.4 Å². The molecule has 0 atom stereocenters. The van der Waals surface area contributed by atoms with E-state index >= 15 is 0 Å². The second-order valence-electron chi connectivity index (χ2n) is 5.62. The predicted octanol–water partition coefficient (Wildman–Crippen LogP) is 2.81. The number of hydrogen-bond acceptors (Lipinski definition) is 2. The summed E-state index contributed by atoms with van der Waals surface area (Å²) >= 11 is 0. The van der Waals surface area contributed by atoms with Crippen LogP contribution in [0.2, 0.25) is 0 Å². The Kier molecular flexibility index (Phi) is 5.66. The molecule has 3 N–H and O–H groups in total. The third-order valence-electron chi connectivity index (χ3n) is 2.96. The highest BCUT2D eigenvalue weighted by Gasteiger charge is 2.12. The van der Waals surface area contributed by atoms with Crippen LogP contribution in [0.25, 0.3) is 0 Å². The summed E-state index contributed by atoms with van der Waals surface area (Å²) < 4.78 is 0. The molecular formula is C15H26N2. The Morgan fingerprint density at radius 1 is 1.06 bits per heavy atom. The maximum Gasteiger partial charge on any atom is 0.0205 e. The lowest BCUT2D eigenvalue weighted by atomic mass is 9.87. The number of nitrogens with two attached hydrogens (primary N) is 1. The summed E-state index contributed by atoms with van der Waals surface area (Å²) in [5, 5.41) is 3.44. The van der Waals surface area contributed by atoms with Crippen molar-refractivity contribution in [1.82, 2.24) is 5.32 Å². The quantitative estimate of drug-likeness (QED) is 0.743. The highest BCUT2D eigenvalue weighted by molar-refractivity contribution is 5.27. The molecule has 0 heterocycles. The maximum absolute atomic E-state index is 5.45. The molecular weight excluding hydrogens is 208 g/mol. The molecule has 0 aliphatic rings. The van der Waals surface area contributed by atoms with Gasteiger partial charge in [0.15, 0.2) is 0 Å². The zero-order valence-electron chi connectivity index (χ0n) is 11.4. The van der Waals surface area contributed by atoms with Gasteiger partial charge in [0, 0.05) is 6.54 Å². The van der Waals surface area contributed by atoms with Crippen LogP contribution in [-0.2, 0) is 12.0 Å². The smallest absolute Gasteiger partial charge is 0.0205 e. The molecule has 0 aromatic heterocycles. The Morgan fingerprint density at radius 2 is 1.71 bits per heavy atom. The van der Waals surface area contributed by atoms with E-state index in [0.717, 1.165) is 32.5 Å². The van der Waals surface area contributed by atoms with Crippen LogP contribution >= 0.6 is 0 Å². The van der Waals surface area contributed by atoms with E-state index in [4.69, 9.17) is 5.73 Å². The van der Waals surface area contributed by atoms with E-state index in [1.165, 1.54) is 11.1 Å². The molecule has 0 saturated carbocycles. The second-order valence-corrected chi connectivity index (χ2v) is 5.62. The van der Waals surface area contributed by atoms with Crippen molar-refractivity contribution in [2.24, 2.45) is 5.73 Å². The largest absolute Gasteiger partial charge is 0.330 e. The van der Waals surface area contributed by atoms with E-state index < -0.39 is 0 Å². The first-order valence-electron chi connectivity index (χ1n) is 6.54. The molecule has 0 fully saturated rings. The molecule has 0 radical (unpaired) electrons.